The van der Waals surface area contributed by atoms with E-state index >= 15 is 0 Å². The van der Waals surface area contributed by atoms with Crippen molar-refractivity contribution in [1.29, 1.82) is 0 Å². The van der Waals surface area contributed by atoms with Gasteiger partial charge in [0.05, 0.1) is 11.1 Å². The summed E-state index contributed by atoms with van der Waals surface area (Å²) in [5.74, 6) is -0.411. The summed E-state index contributed by atoms with van der Waals surface area (Å²) in [6, 6.07) is 5.79. The Balaban J connectivity index is 2.09. The first-order valence-electron chi connectivity index (χ1n) is 7.12. The van der Waals surface area contributed by atoms with Crippen molar-refractivity contribution >= 4 is 21.6 Å². The lowest BCUT2D eigenvalue weighted by Gasteiger charge is -2.12. The van der Waals surface area contributed by atoms with Gasteiger partial charge < -0.3 is 5.32 Å². The molecule has 0 bridgehead atoms. The second-order valence-corrected chi connectivity index (χ2v) is 6.71. The zero-order valence-electron chi connectivity index (χ0n) is 12.9. The van der Waals surface area contributed by atoms with E-state index in [0.717, 1.165) is 0 Å². The summed E-state index contributed by atoms with van der Waals surface area (Å²) in [6.07, 6.45) is 4.95. The minimum atomic E-state index is -3.55. The first-order valence-corrected chi connectivity index (χ1v) is 8.60. The molecule has 0 fully saturated rings. The largest absolute Gasteiger partial charge is 0.321 e. The second-order valence-electron chi connectivity index (χ2n) is 5.00. The Labute approximate surface area is 135 Å². The van der Waals surface area contributed by atoms with Crippen LogP contribution in [0.25, 0.3) is 0 Å². The third-order valence-corrected chi connectivity index (χ3v) is 4.79. The van der Waals surface area contributed by atoms with Gasteiger partial charge in [-0.25, -0.2) is 18.1 Å². The number of benzene rings is 1. The average molecular weight is 334 g/mol. The molecule has 1 unspecified atom stereocenters. The number of nitrogens with one attached hydrogen (secondary N) is 2. The number of nitrogens with zero attached hydrogens (tertiary/aromatic N) is 2. The maximum Gasteiger partial charge on any atom is 0.275 e. The lowest BCUT2D eigenvalue weighted by Crippen LogP contribution is -2.31. The third-order valence-electron chi connectivity index (χ3n) is 3.19. The molecule has 2 N–H and O–H groups in total. The molecule has 0 radical (unpaired) electrons. The van der Waals surface area contributed by atoms with Gasteiger partial charge in [0.25, 0.3) is 5.91 Å². The SMILES string of the molecule is CCC(C)NS(=O)(=O)c1ccc(NC(=O)c2cnccn2)cc1. The van der Waals surface area contributed by atoms with Crippen LogP contribution in [-0.2, 0) is 10.0 Å². The van der Waals surface area contributed by atoms with Crippen LogP contribution in [0, 0.1) is 0 Å². The number of sulfonamides is 1. The molecule has 122 valence electrons. The normalized spacial score (nSPS) is 12.6. The number of amides is 1. The summed E-state index contributed by atoms with van der Waals surface area (Å²) in [5, 5.41) is 2.63. The molecule has 0 spiro atoms. The molecular formula is C15H18N4O3S. The van der Waals surface area contributed by atoms with E-state index in [1.54, 1.807) is 6.92 Å². The van der Waals surface area contributed by atoms with Crippen molar-refractivity contribution < 1.29 is 13.2 Å². The summed E-state index contributed by atoms with van der Waals surface area (Å²) >= 11 is 0. The monoisotopic (exact) mass is 334 g/mol. The molecule has 1 heterocycles. The Kier molecular flexibility index (Phi) is 5.41. The van der Waals surface area contributed by atoms with Crippen molar-refractivity contribution in [2.75, 3.05) is 5.32 Å². The lowest BCUT2D eigenvalue weighted by molar-refractivity contribution is 0.102. The number of hydrogen-bond acceptors (Lipinski definition) is 5. The lowest BCUT2D eigenvalue weighted by atomic mass is 10.3. The van der Waals surface area contributed by atoms with Crippen LogP contribution in [0.4, 0.5) is 5.69 Å². The summed E-state index contributed by atoms with van der Waals surface area (Å²) < 4.78 is 26.9. The highest BCUT2D eigenvalue weighted by atomic mass is 32.2. The van der Waals surface area contributed by atoms with Crippen LogP contribution >= 0.6 is 0 Å². The van der Waals surface area contributed by atoms with Gasteiger partial charge in [0, 0.05) is 24.1 Å². The molecule has 1 amide bonds. The van der Waals surface area contributed by atoms with Gasteiger partial charge >= 0.3 is 0 Å². The van der Waals surface area contributed by atoms with Crippen molar-refractivity contribution in [3.05, 3.63) is 48.5 Å². The number of carbonyl (C=O) groups is 1. The van der Waals surface area contributed by atoms with E-state index in [9.17, 15) is 13.2 Å². The van der Waals surface area contributed by atoms with E-state index in [-0.39, 0.29) is 16.6 Å². The summed E-state index contributed by atoms with van der Waals surface area (Å²) in [6.45, 7) is 3.70. The molecular weight excluding hydrogens is 316 g/mol. The number of carbonyl (C=O) groups excluding carboxylic acids is 1. The molecule has 1 atom stereocenters. The molecule has 0 aliphatic heterocycles. The molecule has 1 aromatic heterocycles. The Hall–Kier alpha value is -2.32. The van der Waals surface area contributed by atoms with Crippen molar-refractivity contribution in [3.8, 4) is 0 Å². The topological polar surface area (TPSA) is 101 Å². The van der Waals surface area contributed by atoms with Crippen LogP contribution < -0.4 is 10.0 Å². The van der Waals surface area contributed by atoms with Gasteiger partial charge in [0.15, 0.2) is 0 Å². The predicted octanol–water partition coefficient (Wildman–Crippen LogP) is 1.81. The minimum Gasteiger partial charge on any atom is -0.321 e. The molecule has 2 rings (SSSR count). The van der Waals surface area contributed by atoms with E-state index in [2.05, 4.69) is 20.0 Å². The van der Waals surface area contributed by atoms with Crippen LogP contribution in [0.2, 0.25) is 0 Å². The number of hydrogen-bond donors (Lipinski definition) is 2. The first kappa shape index (κ1) is 17.0. The Bertz CT molecular complexity index is 761. The molecule has 0 aliphatic rings. The van der Waals surface area contributed by atoms with E-state index in [0.29, 0.717) is 12.1 Å². The minimum absolute atomic E-state index is 0.143. The summed E-state index contributed by atoms with van der Waals surface area (Å²) in [4.78, 5) is 19.8. The van der Waals surface area contributed by atoms with Gasteiger partial charge in [-0.15, -0.1) is 0 Å². The second kappa shape index (κ2) is 7.30. The van der Waals surface area contributed by atoms with Crippen LogP contribution in [0.1, 0.15) is 30.8 Å². The highest BCUT2D eigenvalue weighted by Crippen LogP contribution is 2.15. The summed E-state index contributed by atoms with van der Waals surface area (Å²) in [7, 11) is -3.55. The molecule has 0 aliphatic carbocycles. The average Bonchev–Trinajstić information content (AvgIpc) is 2.55. The Morgan fingerprint density at radius 2 is 1.91 bits per heavy atom. The maximum atomic E-state index is 12.1. The predicted molar refractivity (Wildman–Crippen MR) is 86.5 cm³/mol. The van der Waals surface area contributed by atoms with Gasteiger partial charge in [-0.1, -0.05) is 6.92 Å². The molecule has 1 aromatic carbocycles. The van der Waals surface area contributed by atoms with Gasteiger partial charge in [-0.05, 0) is 37.6 Å². The summed E-state index contributed by atoms with van der Waals surface area (Å²) in [5.41, 5.74) is 0.658. The van der Waals surface area contributed by atoms with Gasteiger partial charge in [-0.2, -0.15) is 0 Å². The van der Waals surface area contributed by atoms with Crippen LogP contribution in [0.5, 0.6) is 0 Å². The number of rotatable bonds is 6. The van der Waals surface area contributed by atoms with Crippen molar-refractivity contribution in [2.45, 2.75) is 31.2 Å². The molecule has 23 heavy (non-hydrogen) atoms. The van der Waals surface area contributed by atoms with E-state index in [4.69, 9.17) is 0 Å². The van der Waals surface area contributed by atoms with Gasteiger partial charge in [-0.3, -0.25) is 9.78 Å². The standard InChI is InChI=1S/C15H18N4O3S/c1-3-11(2)19-23(21,22)13-6-4-12(5-7-13)18-15(20)14-10-16-8-9-17-14/h4-11,19H,3H2,1-2H3,(H,18,20). The number of anilines is 1. The maximum absolute atomic E-state index is 12.1. The van der Waals surface area contributed by atoms with Crippen molar-refractivity contribution in [2.24, 2.45) is 0 Å². The highest BCUT2D eigenvalue weighted by molar-refractivity contribution is 7.89. The number of aromatic nitrogens is 2. The molecule has 7 nitrogen and oxygen atoms in total. The van der Waals surface area contributed by atoms with E-state index < -0.39 is 15.9 Å². The zero-order chi connectivity index (χ0) is 16.9. The molecule has 0 saturated carbocycles. The zero-order valence-corrected chi connectivity index (χ0v) is 13.7. The van der Waals surface area contributed by atoms with E-state index in [1.807, 2.05) is 6.92 Å². The van der Waals surface area contributed by atoms with Crippen molar-refractivity contribution in [1.82, 2.24) is 14.7 Å². The van der Waals surface area contributed by atoms with E-state index in [1.165, 1.54) is 42.9 Å². The Morgan fingerprint density at radius 3 is 2.48 bits per heavy atom. The fourth-order valence-electron chi connectivity index (χ4n) is 1.75. The molecule has 2 aromatic rings. The molecule has 8 heteroatoms. The van der Waals surface area contributed by atoms with Crippen molar-refractivity contribution in [3.63, 3.8) is 0 Å². The fourth-order valence-corrected chi connectivity index (χ4v) is 3.07. The third kappa shape index (κ3) is 4.57. The van der Waals surface area contributed by atoms with Crippen LogP contribution in [0.15, 0.2) is 47.8 Å². The Morgan fingerprint density at radius 1 is 1.22 bits per heavy atom. The van der Waals surface area contributed by atoms with Crippen LogP contribution in [-0.4, -0.2) is 30.3 Å². The fraction of sp³-hybridized carbons (Fsp3) is 0.267. The highest BCUT2D eigenvalue weighted by Gasteiger charge is 2.16. The first-order chi connectivity index (χ1) is 10.9. The van der Waals surface area contributed by atoms with Gasteiger partial charge in [0.2, 0.25) is 10.0 Å². The van der Waals surface area contributed by atoms with Gasteiger partial charge in [0.1, 0.15) is 5.69 Å². The van der Waals surface area contributed by atoms with Crippen LogP contribution in [0.3, 0.4) is 0 Å². The smallest absolute Gasteiger partial charge is 0.275 e. The molecule has 0 saturated heterocycles. The quantitative estimate of drug-likeness (QED) is 0.839.